The van der Waals surface area contributed by atoms with Crippen molar-refractivity contribution in [3.63, 3.8) is 0 Å². The van der Waals surface area contributed by atoms with Crippen LogP contribution in [-0.2, 0) is 23.0 Å². The van der Waals surface area contributed by atoms with Crippen LogP contribution in [0.4, 0.5) is 5.69 Å². The largest absolute Gasteiger partial charge is 0.306 e. The molecule has 2 aliphatic heterocycles. The number of aliphatic imine (C=N–C) groups is 1. The number of benzene rings is 1. The molecule has 0 radical (unpaired) electrons. The van der Waals surface area contributed by atoms with Gasteiger partial charge in [-0.05, 0) is 29.7 Å². The van der Waals surface area contributed by atoms with E-state index in [1.807, 2.05) is 18.3 Å². The van der Waals surface area contributed by atoms with Gasteiger partial charge >= 0.3 is 0 Å². The van der Waals surface area contributed by atoms with Crippen molar-refractivity contribution in [1.82, 2.24) is 9.55 Å². The predicted octanol–water partition coefficient (Wildman–Crippen LogP) is 2.42. The molecule has 2 aromatic rings. The lowest BCUT2D eigenvalue weighted by molar-refractivity contribution is 0.577. The fraction of sp³-hybridized carbons (Fsp3) is 0.286. The summed E-state index contributed by atoms with van der Waals surface area (Å²) >= 11 is 7.55. The number of aromatic nitrogens is 2. The minimum Gasteiger partial charge on any atom is -0.306 e. The van der Waals surface area contributed by atoms with Gasteiger partial charge in [0.25, 0.3) is 10.0 Å². The van der Waals surface area contributed by atoms with Crippen molar-refractivity contribution >= 4 is 45.3 Å². The highest BCUT2D eigenvalue weighted by molar-refractivity contribution is 7.99. The summed E-state index contributed by atoms with van der Waals surface area (Å²) in [6.45, 7) is 1.32. The maximum Gasteiger partial charge on any atom is 0.280 e. The van der Waals surface area contributed by atoms with Crippen molar-refractivity contribution < 1.29 is 8.42 Å². The average Bonchev–Trinajstić information content (AvgIpc) is 3.06. The standard InChI is InChI=1S/C14H13ClN4O2S2/c15-12-13(19-5-6-22-14(19)17-12)23(20,21)18-11-2-1-10-8-16-4-3-9(10)7-11/h1-2,7-8,18H,3-6H2. The lowest BCUT2D eigenvalue weighted by Gasteiger charge is -2.14. The smallest absolute Gasteiger partial charge is 0.280 e. The van der Waals surface area contributed by atoms with Gasteiger partial charge in [-0.2, -0.15) is 8.42 Å². The average molecular weight is 369 g/mol. The monoisotopic (exact) mass is 368 g/mol. The second kappa shape index (κ2) is 5.54. The van der Waals surface area contributed by atoms with E-state index in [0.717, 1.165) is 29.8 Å². The van der Waals surface area contributed by atoms with E-state index in [-0.39, 0.29) is 10.2 Å². The number of hydrogen-bond acceptors (Lipinski definition) is 5. The van der Waals surface area contributed by atoms with E-state index in [4.69, 9.17) is 11.6 Å². The molecular weight excluding hydrogens is 356 g/mol. The highest BCUT2D eigenvalue weighted by Gasteiger charge is 2.30. The summed E-state index contributed by atoms with van der Waals surface area (Å²) in [7, 11) is -3.78. The first-order valence-electron chi connectivity index (χ1n) is 7.09. The maximum absolute atomic E-state index is 12.7. The van der Waals surface area contributed by atoms with Crippen LogP contribution in [0.25, 0.3) is 0 Å². The third-order valence-electron chi connectivity index (χ3n) is 3.78. The van der Waals surface area contributed by atoms with Crippen LogP contribution in [0.3, 0.4) is 0 Å². The Balaban J connectivity index is 1.70. The zero-order valence-electron chi connectivity index (χ0n) is 12.0. The van der Waals surface area contributed by atoms with Gasteiger partial charge in [0.05, 0.1) is 0 Å². The van der Waals surface area contributed by atoms with Gasteiger partial charge in [0.2, 0.25) is 0 Å². The van der Waals surface area contributed by atoms with Crippen LogP contribution < -0.4 is 4.72 Å². The van der Waals surface area contributed by atoms with Gasteiger partial charge in [0.1, 0.15) is 0 Å². The van der Waals surface area contributed by atoms with Crippen LogP contribution >= 0.6 is 23.4 Å². The van der Waals surface area contributed by atoms with E-state index in [2.05, 4.69) is 14.7 Å². The first kappa shape index (κ1) is 15.0. The Labute approximate surface area is 143 Å². The Morgan fingerprint density at radius 1 is 1.35 bits per heavy atom. The lowest BCUT2D eigenvalue weighted by Crippen LogP contribution is -2.18. The molecule has 9 heteroatoms. The number of nitrogens with zero attached hydrogens (tertiary/aromatic N) is 3. The van der Waals surface area contributed by atoms with Crippen LogP contribution in [0.2, 0.25) is 5.15 Å². The number of rotatable bonds is 3. The van der Waals surface area contributed by atoms with E-state index in [0.29, 0.717) is 17.4 Å². The summed E-state index contributed by atoms with van der Waals surface area (Å²) in [6, 6.07) is 5.45. The summed E-state index contributed by atoms with van der Waals surface area (Å²) in [5, 5.41) is 0.709. The van der Waals surface area contributed by atoms with E-state index in [1.165, 1.54) is 11.8 Å². The summed E-state index contributed by atoms with van der Waals surface area (Å²) < 4.78 is 29.7. The molecule has 0 saturated heterocycles. The zero-order valence-corrected chi connectivity index (χ0v) is 14.4. The molecule has 1 aromatic carbocycles. The number of thioether (sulfide) groups is 1. The van der Waals surface area contributed by atoms with Crippen LogP contribution in [0.5, 0.6) is 0 Å². The van der Waals surface area contributed by atoms with Crippen LogP contribution in [0, 0.1) is 0 Å². The third-order valence-corrected chi connectivity index (χ3v) is 6.54. The van der Waals surface area contributed by atoms with E-state index in [1.54, 1.807) is 10.6 Å². The van der Waals surface area contributed by atoms with E-state index in [9.17, 15) is 8.42 Å². The van der Waals surface area contributed by atoms with Crippen LogP contribution in [-0.4, -0.2) is 36.5 Å². The molecule has 6 nitrogen and oxygen atoms in total. The van der Waals surface area contributed by atoms with Gasteiger partial charge in [-0.25, -0.2) is 4.98 Å². The number of halogens is 1. The minimum absolute atomic E-state index is 0.0183. The molecule has 1 N–H and O–H groups in total. The van der Waals surface area contributed by atoms with Crippen LogP contribution in [0.15, 0.2) is 33.4 Å². The number of imidazole rings is 1. The Morgan fingerprint density at radius 3 is 3.09 bits per heavy atom. The molecule has 0 saturated carbocycles. The molecule has 0 fully saturated rings. The molecule has 23 heavy (non-hydrogen) atoms. The number of hydrogen-bond donors (Lipinski definition) is 1. The molecular formula is C14H13ClN4O2S2. The molecule has 0 spiro atoms. The van der Waals surface area contributed by atoms with Crippen molar-refractivity contribution in [2.45, 2.75) is 23.1 Å². The number of anilines is 1. The number of nitrogens with one attached hydrogen (secondary N) is 1. The molecule has 0 amide bonds. The Bertz CT molecular complexity index is 921. The quantitative estimate of drug-likeness (QED) is 0.902. The minimum atomic E-state index is -3.78. The summed E-state index contributed by atoms with van der Waals surface area (Å²) in [4.78, 5) is 8.34. The molecule has 0 bridgehead atoms. The fourth-order valence-corrected chi connectivity index (χ4v) is 5.56. The van der Waals surface area contributed by atoms with Gasteiger partial charge in [-0.3, -0.25) is 9.71 Å². The zero-order chi connectivity index (χ0) is 16.0. The Morgan fingerprint density at radius 2 is 2.22 bits per heavy atom. The molecule has 0 unspecified atom stereocenters. The SMILES string of the molecule is O=S(=O)(Nc1ccc2c(c1)CCN=C2)c1c(Cl)nc2n1CCS2. The molecule has 2 aliphatic rings. The van der Waals surface area contributed by atoms with Gasteiger partial charge < -0.3 is 4.57 Å². The van der Waals surface area contributed by atoms with Crippen molar-refractivity contribution in [2.24, 2.45) is 4.99 Å². The second-order valence-electron chi connectivity index (χ2n) is 5.29. The van der Waals surface area contributed by atoms with Gasteiger partial charge in [0, 0.05) is 30.7 Å². The first-order chi connectivity index (χ1) is 11.0. The van der Waals surface area contributed by atoms with Crippen molar-refractivity contribution in [3.8, 4) is 0 Å². The van der Waals surface area contributed by atoms with E-state index < -0.39 is 10.0 Å². The summed E-state index contributed by atoms with van der Waals surface area (Å²) in [5.74, 6) is 0.806. The highest BCUT2D eigenvalue weighted by Crippen LogP contribution is 2.34. The summed E-state index contributed by atoms with van der Waals surface area (Å²) in [6.07, 6.45) is 2.62. The highest BCUT2D eigenvalue weighted by atomic mass is 35.5. The maximum atomic E-state index is 12.7. The fourth-order valence-electron chi connectivity index (χ4n) is 2.74. The van der Waals surface area contributed by atoms with Crippen molar-refractivity contribution in [3.05, 3.63) is 34.5 Å². The Kier molecular flexibility index (Phi) is 3.62. The topological polar surface area (TPSA) is 76.3 Å². The molecule has 0 atom stereocenters. The molecule has 4 rings (SSSR count). The first-order valence-corrected chi connectivity index (χ1v) is 9.94. The molecule has 1 aromatic heterocycles. The number of fused-ring (bicyclic) bond motifs is 2. The molecule has 3 heterocycles. The number of sulfonamides is 1. The normalized spacial score (nSPS) is 16.2. The van der Waals surface area contributed by atoms with Crippen molar-refractivity contribution in [2.75, 3.05) is 17.0 Å². The van der Waals surface area contributed by atoms with Gasteiger partial charge in [0.15, 0.2) is 15.3 Å². The third kappa shape index (κ3) is 2.64. The lowest BCUT2D eigenvalue weighted by atomic mass is 10.0. The van der Waals surface area contributed by atoms with Gasteiger partial charge in [-0.15, -0.1) is 0 Å². The molecule has 0 aliphatic carbocycles. The van der Waals surface area contributed by atoms with Gasteiger partial charge in [-0.1, -0.05) is 29.4 Å². The van der Waals surface area contributed by atoms with Crippen molar-refractivity contribution in [1.29, 1.82) is 0 Å². The second-order valence-corrected chi connectivity index (χ2v) is 8.31. The Hall–Kier alpha value is -1.51. The predicted molar refractivity (Wildman–Crippen MR) is 91.4 cm³/mol. The summed E-state index contributed by atoms with van der Waals surface area (Å²) in [5.41, 5.74) is 2.63. The van der Waals surface area contributed by atoms with E-state index >= 15 is 0 Å². The van der Waals surface area contributed by atoms with Crippen LogP contribution in [0.1, 0.15) is 11.1 Å². The molecule has 120 valence electrons.